The summed E-state index contributed by atoms with van der Waals surface area (Å²) in [5.41, 5.74) is 0.0127. The molecule has 2 heterocycles. The summed E-state index contributed by atoms with van der Waals surface area (Å²) in [6.07, 6.45) is 0.182. The number of hydrogen-bond acceptors (Lipinski definition) is 2. The maximum Gasteiger partial charge on any atom is 0.125 e. The van der Waals surface area contributed by atoms with Crippen LogP contribution in [0, 0.1) is 0 Å². The first-order valence-electron chi connectivity index (χ1n) is 6.67. The Morgan fingerprint density at radius 3 is 2.28 bits per heavy atom. The van der Waals surface area contributed by atoms with Gasteiger partial charge < -0.3 is 4.42 Å². The molecule has 0 amide bonds. The van der Waals surface area contributed by atoms with E-state index >= 15 is 0 Å². The van der Waals surface area contributed by atoms with Crippen molar-refractivity contribution in [3.05, 3.63) is 23.7 Å². The van der Waals surface area contributed by atoms with Crippen LogP contribution in [0.1, 0.15) is 46.1 Å². The summed E-state index contributed by atoms with van der Waals surface area (Å²) in [4.78, 5) is 2.18. The third-order valence-electron chi connectivity index (χ3n) is 3.70. The molecule has 0 N–H and O–H groups in total. The van der Waals surface area contributed by atoms with Gasteiger partial charge in [-0.1, -0.05) is 20.8 Å². The van der Waals surface area contributed by atoms with Crippen molar-refractivity contribution < 1.29 is 8.81 Å². The predicted octanol–water partition coefficient (Wildman–Crippen LogP) is 3.55. The molecule has 2 rings (SSSR count). The molecule has 0 unspecified atom stereocenters. The third kappa shape index (κ3) is 2.77. The van der Waals surface area contributed by atoms with E-state index < -0.39 is 6.17 Å². The van der Waals surface area contributed by atoms with Crippen molar-refractivity contribution in [3.63, 3.8) is 0 Å². The first-order chi connectivity index (χ1) is 8.18. The average molecular weight is 253 g/mol. The molecule has 1 aromatic rings. The van der Waals surface area contributed by atoms with Crippen molar-refractivity contribution in [2.24, 2.45) is 0 Å². The van der Waals surface area contributed by atoms with Gasteiger partial charge in [0.25, 0.3) is 0 Å². The van der Waals surface area contributed by atoms with E-state index in [2.05, 4.69) is 51.7 Å². The number of alkyl halides is 1. The predicted molar refractivity (Wildman–Crippen MR) is 71.7 cm³/mol. The lowest BCUT2D eigenvalue weighted by Gasteiger charge is -2.46. The zero-order valence-electron chi connectivity index (χ0n) is 12.1. The van der Waals surface area contributed by atoms with Gasteiger partial charge in [0.2, 0.25) is 0 Å². The Kier molecular flexibility index (Phi) is 3.30. The van der Waals surface area contributed by atoms with Gasteiger partial charge in [-0.25, -0.2) is 4.39 Å². The molecule has 0 atom stereocenters. The molecule has 0 aliphatic carbocycles. The molecule has 1 aromatic heterocycles. The Bertz CT molecular complexity index is 410. The van der Waals surface area contributed by atoms with Crippen LogP contribution in [0.3, 0.4) is 0 Å². The molecule has 102 valence electrons. The summed E-state index contributed by atoms with van der Waals surface area (Å²) in [7, 11) is 0. The molecule has 0 saturated carbocycles. The minimum absolute atomic E-state index is 0.0321. The molecule has 18 heavy (non-hydrogen) atoms. The molecule has 1 aliphatic rings. The van der Waals surface area contributed by atoms with E-state index in [1.54, 1.807) is 0 Å². The second-order valence-corrected chi connectivity index (χ2v) is 7.01. The fraction of sp³-hybridized carbons (Fsp3) is 0.733. The largest absolute Gasteiger partial charge is 0.465 e. The number of rotatable bonds is 3. The molecule has 0 bridgehead atoms. The van der Waals surface area contributed by atoms with Crippen molar-refractivity contribution in [2.45, 2.75) is 58.2 Å². The van der Waals surface area contributed by atoms with Crippen LogP contribution in [0.5, 0.6) is 0 Å². The smallest absolute Gasteiger partial charge is 0.125 e. The highest BCUT2D eigenvalue weighted by molar-refractivity contribution is 5.16. The number of likely N-dealkylation sites (tertiary alicyclic amines) is 1. The van der Waals surface area contributed by atoms with Gasteiger partial charge in [0.1, 0.15) is 17.7 Å². The molecule has 2 nitrogen and oxygen atoms in total. The first kappa shape index (κ1) is 13.6. The van der Waals surface area contributed by atoms with Crippen LogP contribution < -0.4 is 0 Å². The minimum atomic E-state index is -0.647. The summed E-state index contributed by atoms with van der Waals surface area (Å²) in [6, 6.07) is 4.11. The Balaban J connectivity index is 2.03. The van der Waals surface area contributed by atoms with Crippen LogP contribution in [-0.4, -0.2) is 29.7 Å². The molecule has 3 heteroatoms. The fourth-order valence-corrected chi connectivity index (χ4v) is 2.33. The first-order valence-corrected chi connectivity index (χ1v) is 6.67. The van der Waals surface area contributed by atoms with Gasteiger partial charge in [0.05, 0.1) is 0 Å². The van der Waals surface area contributed by atoms with Gasteiger partial charge in [0.15, 0.2) is 0 Å². The van der Waals surface area contributed by atoms with Crippen molar-refractivity contribution in [3.8, 4) is 0 Å². The van der Waals surface area contributed by atoms with Gasteiger partial charge in [-0.05, 0) is 26.0 Å². The lowest BCUT2D eigenvalue weighted by atomic mass is 9.92. The maximum atomic E-state index is 12.9. The highest BCUT2D eigenvalue weighted by Gasteiger charge is 2.38. The van der Waals surface area contributed by atoms with E-state index in [9.17, 15) is 4.39 Å². The number of halogens is 1. The highest BCUT2D eigenvalue weighted by atomic mass is 19.1. The van der Waals surface area contributed by atoms with E-state index in [4.69, 9.17) is 4.42 Å². The minimum Gasteiger partial charge on any atom is -0.465 e. The van der Waals surface area contributed by atoms with E-state index in [0.717, 1.165) is 17.9 Å². The third-order valence-corrected chi connectivity index (χ3v) is 3.70. The topological polar surface area (TPSA) is 16.4 Å². The zero-order chi connectivity index (χ0) is 13.6. The standard InChI is InChI=1S/C15H24FNO/c1-14(2,3)13-7-6-12(18-13)8-15(4,5)17-9-11(16)10-17/h6-7,11H,8-10H2,1-5H3. The molecule has 1 aliphatic heterocycles. The van der Waals surface area contributed by atoms with Crippen molar-refractivity contribution in [1.82, 2.24) is 4.90 Å². The average Bonchev–Trinajstić information content (AvgIpc) is 2.59. The lowest BCUT2D eigenvalue weighted by molar-refractivity contribution is -0.0156. The Morgan fingerprint density at radius 1 is 1.22 bits per heavy atom. The van der Waals surface area contributed by atoms with Crippen molar-refractivity contribution >= 4 is 0 Å². The van der Waals surface area contributed by atoms with Gasteiger partial charge >= 0.3 is 0 Å². The molecule has 1 saturated heterocycles. The van der Waals surface area contributed by atoms with Gasteiger partial charge in [-0.2, -0.15) is 0 Å². The lowest BCUT2D eigenvalue weighted by Crippen LogP contribution is -2.59. The zero-order valence-corrected chi connectivity index (χ0v) is 12.1. The number of hydrogen-bond donors (Lipinski definition) is 0. The van der Waals surface area contributed by atoms with E-state index in [1.807, 2.05) is 0 Å². The highest BCUT2D eigenvalue weighted by Crippen LogP contribution is 2.30. The maximum absolute atomic E-state index is 12.9. The number of furan rings is 1. The second-order valence-electron chi connectivity index (χ2n) is 7.01. The van der Waals surface area contributed by atoms with Crippen molar-refractivity contribution in [2.75, 3.05) is 13.1 Å². The van der Waals surface area contributed by atoms with E-state index in [0.29, 0.717) is 13.1 Å². The molecular weight excluding hydrogens is 229 g/mol. The normalized spacial score (nSPS) is 19.0. The van der Waals surface area contributed by atoms with Gasteiger partial charge in [-0.15, -0.1) is 0 Å². The Hall–Kier alpha value is -0.830. The summed E-state index contributed by atoms with van der Waals surface area (Å²) in [5, 5.41) is 0. The summed E-state index contributed by atoms with van der Waals surface area (Å²) < 4.78 is 18.8. The summed E-state index contributed by atoms with van der Waals surface area (Å²) in [5.74, 6) is 2.01. The SMILES string of the molecule is CC(C)(C)c1ccc(CC(C)(C)N2CC(F)C2)o1. The second kappa shape index (κ2) is 4.37. The fourth-order valence-electron chi connectivity index (χ4n) is 2.33. The summed E-state index contributed by atoms with van der Waals surface area (Å²) >= 11 is 0. The molecule has 1 fully saturated rings. The molecule has 0 aromatic carbocycles. The summed E-state index contributed by atoms with van der Waals surface area (Å²) in [6.45, 7) is 11.8. The van der Waals surface area contributed by atoms with Crippen LogP contribution in [-0.2, 0) is 11.8 Å². The Labute approximate surface area is 109 Å². The van der Waals surface area contributed by atoms with Crippen LogP contribution in [0.2, 0.25) is 0 Å². The number of nitrogens with zero attached hydrogens (tertiary/aromatic N) is 1. The van der Waals surface area contributed by atoms with Crippen molar-refractivity contribution in [1.29, 1.82) is 0 Å². The van der Waals surface area contributed by atoms with Gasteiger partial charge in [-0.3, -0.25) is 4.90 Å². The van der Waals surface area contributed by atoms with Gasteiger partial charge in [0, 0.05) is 30.5 Å². The molecular formula is C15H24FNO. The van der Waals surface area contributed by atoms with Crippen LogP contribution >= 0.6 is 0 Å². The molecule has 0 spiro atoms. The quantitative estimate of drug-likeness (QED) is 0.819. The van der Waals surface area contributed by atoms with E-state index in [-0.39, 0.29) is 11.0 Å². The van der Waals surface area contributed by atoms with Crippen LogP contribution in [0.15, 0.2) is 16.5 Å². The molecule has 0 radical (unpaired) electrons. The van der Waals surface area contributed by atoms with Crippen LogP contribution in [0.25, 0.3) is 0 Å². The van der Waals surface area contributed by atoms with Crippen LogP contribution in [0.4, 0.5) is 4.39 Å². The Morgan fingerprint density at radius 2 is 1.83 bits per heavy atom. The monoisotopic (exact) mass is 253 g/mol. The van der Waals surface area contributed by atoms with E-state index in [1.165, 1.54) is 0 Å².